The van der Waals surface area contributed by atoms with Crippen LogP contribution in [0.4, 0.5) is 0 Å². The summed E-state index contributed by atoms with van der Waals surface area (Å²) in [6.07, 6.45) is 6.96. The van der Waals surface area contributed by atoms with E-state index < -0.39 is 0 Å². The fourth-order valence-electron chi connectivity index (χ4n) is 2.84. The van der Waals surface area contributed by atoms with Crippen LogP contribution in [0.15, 0.2) is 30.3 Å². The first kappa shape index (κ1) is 13.5. The van der Waals surface area contributed by atoms with E-state index in [1.165, 1.54) is 37.7 Å². The number of rotatable bonds is 3. The minimum absolute atomic E-state index is 0. The first-order chi connectivity index (χ1) is 7.42. The van der Waals surface area contributed by atoms with Crippen LogP contribution in [0.3, 0.4) is 0 Å². The van der Waals surface area contributed by atoms with Gasteiger partial charge in [0.1, 0.15) is 0 Å². The second-order valence-corrected chi connectivity index (χ2v) is 4.65. The second-order valence-electron chi connectivity index (χ2n) is 4.65. The largest absolute Gasteiger partial charge is 0.330 e. The lowest BCUT2D eigenvalue weighted by molar-refractivity contribution is 0.307. The molecule has 1 unspecified atom stereocenters. The molecule has 1 saturated carbocycles. The van der Waals surface area contributed by atoms with Crippen LogP contribution in [0.2, 0.25) is 0 Å². The Balaban J connectivity index is 0.00000128. The zero-order valence-electron chi connectivity index (χ0n) is 9.77. The van der Waals surface area contributed by atoms with Crippen molar-refractivity contribution in [2.75, 3.05) is 6.54 Å². The van der Waals surface area contributed by atoms with Gasteiger partial charge in [-0.3, -0.25) is 0 Å². The summed E-state index contributed by atoms with van der Waals surface area (Å²) in [6.45, 7) is 0.800. The van der Waals surface area contributed by atoms with Crippen molar-refractivity contribution in [3.05, 3.63) is 35.9 Å². The molecule has 1 aliphatic rings. The molecular weight excluding hydrogens is 218 g/mol. The van der Waals surface area contributed by atoms with Gasteiger partial charge in [-0.05, 0) is 36.8 Å². The topological polar surface area (TPSA) is 26.0 Å². The molecule has 2 heteroatoms. The van der Waals surface area contributed by atoms with Crippen LogP contribution in [0, 0.1) is 5.92 Å². The van der Waals surface area contributed by atoms with Crippen LogP contribution in [-0.2, 0) is 0 Å². The summed E-state index contributed by atoms with van der Waals surface area (Å²) in [5, 5.41) is 0. The Morgan fingerprint density at radius 2 is 1.69 bits per heavy atom. The number of nitrogens with two attached hydrogens (primary N) is 1. The lowest BCUT2D eigenvalue weighted by atomic mass is 9.77. The van der Waals surface area contributed by atoms with Crippen LogP contribution in [0.5, 0.6) is 0 Å². The molecule has 0 heterocycles. The van der Waals surface area contributed by atoms with Crippen LogP contribution in [0.25, 0.3) is 0 Å². The predicted octanol–water partition coefficient (Wildman–Crippen LogP) is 3.73. The van der Waals surface area contributed by atoms with Crippen molar-refractivity contribution in [2.45, 2.75) is 38.0 Å². The smallest absolute Gasteiger partial charge is 0.000556 e. The first-order valence-electron chi connectivity index (χ1n) is 6.17. The van der Waals surface area contributed by atoms with E-state index in [2.05, 4.69) is 30.3 Å². The van der Waals surface area contributed by atoms with E-state index in [0.29, 0.717) is 5.92 Å². The highest BCUT2D eigenvalue weighted by molar-refractivity contribution is 5.85. The average Bonchev–Trinajstić information content (AvgIpc) is 2.33. The van der Waals surface area contributed by atoms with E-state index in [9.17, 15) is 0 Å². The minimum atomic E-state index is 0. The molecule has 1 nitrogen and oxygen atoms in total. The van der Waals surface area contributed by atoms with Crippen LogP contribution < -0.4 is 5.73 Å². The Morgan fingerprint density at radius 1 is 1.06 bits per heavy atom. The van der Waals surface area contributed by atoms with Crippen molar-refractivity contribution >= 4 is 12.4 Å². The van der Waals surface area contributed by atoms with Crippen molar-refractivity contribution in [2.24, 2.45) is 11.7 Å². The van der Waals surface area contributed by atoms with Gasteiger partial charge < -0.3 is 5.73 Å². The fourth-order valence-corrected chi connectivity index (χ4v) is 2.84. The molecule has 1 atom stereocenters. The maximum atomic E-state index is 5.94. The SMILES string of the molecule is Cl.NCC(c1ccccc1)C1CCCCC1. The summed E-state index contributed by atoms with van der Waals surface area (Å²) in [4.78, 5) is 0. The Hall–Kier alpha value is -0.530. The van der Waals surface area contributed by atoms with Gasteiger partial charge in [0.05, 0.1) is 0 Å². The van der Waals surface area contributed by atoms with Crippen molar-refractivity contribution in [1.29, 1.82) is 0 Å². The quantitative estimate of drug-likeness (QED) is 0.855. The molecule has 1 aromatic rings. The maximum absolute atomic E-state index is 5.94. The number of halogens is 1. The number of hydrogen-bond donors (Lipinski definition) is 1. The molecule has 2 rings (SSSR count). The van der Waals surface area contributed by atoms with Gasteiger partial charge in [-0.15, -0.1) is 12.4 Å². The zero-order valence-corrected chi connectivity index (χ0v) is 10.6. The molecule has 0 radical (unpaired) electrons. The van der Waals surface area contributed by atoms with E-state index in [0.717, 1.165) is 12.5 Å². The predicted molar refractivity (Wildman–Crippen MR) is 72.1 cm³/mol. The highest BCUT2D eigenvalue weighted by Gasteiger charge is 2.23. The molecule has 0 aliphatic heterocycles. The molecule has 1 aromatic carbocycles. The molecule has 0 aromatic heterocycles. The lowest BCUT2D eigenvalue weighted by Gasteiger charge is -2.29. The van der Waals surface area contributed by atoms with E-state index in [4.69, 9.17) is 5.73 Å². The fraction of sp³-hybridized carbons (Fsp3) is 0.571. The van der Waals surface area contributed by atoms with Crippen molar-refractivity contribution < 1.29 is 0 Å². The van der Waals surface area contributed by atoms with Gasteiger partial charge in [-0.1, -0.05) is 49.6 Å². The van der Waals surface area contributed by atoms with Gasteiger partial charge in [-0.25, -0.2) is 0 Å². The molecule has 90 valence electrons. The summed E-state index contributed by atoms with van der Waals surface area (Å²) in [5.41, 5.74) is 7.37. The average molecular weight is 240 g/mol. The van der Waals surface area contributed by atoms with Gasteiger partial charge in [-0.2, -0.15) is 0 Å². The van der Waals surface area contributed by atoms with E-state index in [1.54, 1.807) is 0 Å². The molecular formula is C14H22ClN. The first-order valence-corrected chi connectivity index (χ1v) is 6.17. The van der Waals surface area contributed by atoms with Gasteiger partial charge >= 0.3 is 0 Å². The van der Waals surface area contributed by atoms with E-state index in [-0.39, 0.29) is 12.4 Å². The van der Waals surface area contributed by atoms with Gasteiger partial charge in [0.2, 0.25) is 0 Å². The highest BCUT2D eigenvalue weighted by Crippen LogP contribution is 2.35. The van der Waals surface area contributed by atoms with Gasteiger partial charge in [0, 0.05) is 0 Å². The Kier molecular flexibility index (Phi) is 5.86. The normalized spacial score (nSPS) is 18.8. The Labute approximate surface area is 105 Å². The number of hydrogen-bond acceptors (Lipinski definition) is 1. The monoisotopic (exact) mass is 239 g/mol. The summed E-state index contributed by atoms with van der Waals surface area (Å²) in [5.74, 6) is 1.41. The molecule has 1 fully saturated rings. The molecule has 1 aliphatic carbocycles. The van der Waals surface area contributed by atoms with Crippen molar-refractivity contribution in [1.82, 2.24) is 0 Å². The van der Waals surface area contributed by atoms with Crippen LogP contribution in [0.1, 0.15) is 43.6 Å². The summed E-state index contributed by atoms with van der Waals surface area (Å²) < 4.78 is 0. The third-order valence-corrected chi connectivity index (χ3v) is 3.70. The second kappa shape index (κ2) is 6.93. The summed E-state index contributed by atoms with van der Waals surface area (Å²) in [6, 6.07) is 10.8. The molecule has 0 bridgehead atoms. The molecule has 0 spiro atoms. The van der Waals surface area contributed by atoms with Gasteiger partial charge in [0.15, 0.2) is 0 Å². The number of benzene rings is 1. The van der Waals surface area contributed by atoms with Crippen molar-refractivity contribution in [3.63, 3.8) is 0 Å². The summed E-state index contributed by atoms with van der Waals surface area (Å²) in [7, 11) is 0. The highest BCUT2D eigenvalue weighted by atomic mass is 35.5. The molecule has 16 heavy (non-hydrogen) atoms. The maximum Gasteiger partial charge on any atom is -0.000556 e. The van der Waals surface area contributed by atoms with Crippen LogP contribution >= 0.6 is 12.4 Å². The molecule has 2 N–H and O–H groups in total. The summed E-state index contributed by atoms with van der Waals surface area (Å²) >= 11 is 0. The standard InChI is InChI=1S/C14H21N.ClH/c15-11-14(12-7-3-1-4-8-12)13-9-5-2-6-10-13;/h1,3-4,7-8,13-14H,2,5-6,9-11,15H2;1H. The van der Waals surface area contributed by atoms with E-state index >= 15 is 0 Å². The lowest BCUT2D eigenvalue weighted by Crippen LogP contribution is -2.23. The molecule has 0 saturated heterocycles. The van der Waals surface area contributed by atoms with Gasteiger partial charge in [0.25, 0.3) is 0 Å². The third kappa shape index (κ3) is 3.23. The molecule has 0 amide bonds. The van der Waals surface area contributed by atoms with Crippen LogP contribution in [-0.4, -0.2) is 6.54 Å². The minimum Gasteiger partial charge on any atom is -0.330 e. The van der Waals surface area contributed by atoms with E-state index in [1.807, 2.05) is 0 Å². The third-order valence-electron chi connectivity index (χ3n) is 3.70. The zero-order chi connectivity index (χ0) is 10.5. The Bertz CT molecular complexity index is 280. The van der Waals surface area contributed by atoms with Crippen molar-refractivity contribution in [3.8, 4) is 0 Å². The Morgan fingerprint density at radius 3 is 2.25 bits per heavy atom.